The Hall–Kier alpha value is 2.99. The summed E-state index contributed by atoms with van der Waals surface area (Å²) in [6, 6.07) is 0. The first kappa shape index (κ1) is 15.8. The van der Waals surface area contributed by atoms with Crippen LogP contribution in [-0.2, 0) is 3.08 Å². The first-order valence-corrected chi connectivity index (χ1v) is 1.37. The summed E-state index contributed by atoms with van der Waals surface area (Å²) in [5, 5.41) is 0. The second-order valence-electron chi connectivity index (χ2n) is 0. The van der Waals surface area contributed by atoms with Crippen LogP contribution in [0.3, 0.4) is 0 Å². The normalized spacial score (nSPS) is 1.00. The quantitative estimate of drug-likeness (QED) is 0.470. The fraction of sp³-hybridized carbons (Fsp3) is 0. The molecule has 0 fully saturated rings. The third kappa shape index (κ3) is 8.89. The zero-order valence-electron chi connectivity index (χ0n) is 2.06. The van der Waals surface area contributed by atoms with E-state index in [1.54, 1.807) is 0 Å². The number of rotatable bonds is 0. The van der Waals surface area contributed by atoms with Gasteiger partial charge in [-0.05, 0) is 0 Å². The fourth-order valence-electron chi connectivity index (χ4n) is 0. The van der Waals surface area contributed by atoms with Gasteiger partial charge < -0.3 is 0 Å². The zero-order chi connectivity index (χ0) is 2.00. The Morgan fingerprint density at radius 1 is 1.25 bits per heavy atom. The second kappa shape index (κ2) is 16.7. The van der Waals surface area contributed by atoms with Crippen molar-refractivity contribution in [3.05, 3.63) is 0 Å². The standard InChI is InChI=1S/Ba.O.Sb.Sn. The van der Waals surface area contributed by atoms with Crippen molar-refractivity contribution in [2.45, 2.75) is 0 Å². The molecule has 0 aliphatic heterocycles. The summed E-state index contributed by atoms with van der Waals surface area (Å²) < 4.78 is 8.34. The first-order chi connectivity index (χ1) is 1.00. The van der Waals surface area contributed by atoms with E-state index in [1.165, 1.54) is 0 Å². The van der Waals surface area contributed by atoms with E-state index in [0.717, 1.165) is 0 Å². The largest absolute Gasteiger partial charge is 0 e. The van der Waals surface area contributed by atoms with Gasteiger partial charge in [0, 0.05) is 73.3 Å². The Bertz CT molecular complexity index is 8.00. The molecule has 0 aromatic carbocycles. The molecule has 0 spiro atoms. The zero-order valence-corrected chi connectivity index (χ0v) is 11.9. The van der Waals surface area contributed by atoms with Crippen LogP contribution < -0.4 is 0 Å². The van der Waals surface area contributed by atoms with E-state index in [9.17, 15) is 0 Å². The number of hydrogen-bond acceptors (Lipinski definition) is 1. The van der Waals surface area contributed by atoms with Crippen molar-refractivity contribution in [3.63, 3.8) is 0 Å². The minimum atomic E-state index is 0. The Morgan fingerprint density at radius 2 is 1.25 bits per heavy atom. The third-order valence-corrected chi connectivity index (χ3v) is 0. The van der Waals surface area contributed by atoms with Gasteiger partial charge in [-0.15, -0.1) is 0 Å². The van der Waals surface area contributed by atoms with Crippen LogP contribution in [0.2, 0.25) is 0 Å². The molecule has 0 aromatic rings. The molecule has 0 heterocycles. The van der Waals surface area contributed by atoms with Crippen molar-refractivity contribution < 1.29 is 3.08 Å². The third-order valence-electron chi connectivity index (χ3n) is 0. The molecule has 4 heavy (non-hydrogen) atoms. The van der Waals surface area contributed by atoms with Crippen molar-refractivity contribution in [2.24, 2.45) is 0 Å². The average molecular weight is 394 g/mol. The van der Waals surface area contributed by atoms with Gasteiger partial charge in [-0.3, -0.25) is 0 Å². The summed E-state index contributed by atoms with van der Waals surface area (Å²) in [5.74, 6) is 0. The van der Waals surface area contributed by atoms with Gasteiger partial charge in [-0.1, -0.05) is 0 Å². The average Bonchev–Trinajstić information content (AvgIpc) is 1.00. The smallest absolute Gasteiger partial charge is 0 e. The van der Waals surface area contributed by atoms with E-state index in [2.05, 4.69) is 0 Å². The van der Waals surface area contributed by atoms with Crippen molar-refractivity contribution in [1.82, 2.24) is 0 Å². The molecule has 0 aromatic heterocycles. The molecular formula is BaOSbSn. The van der Waals surface area contributed by atoms with E-state index in [4.69, 9.17) is 3.08 Å². The van der Waals surface area contributed by atoms with Crippen LogP contribution in [0.25, 0.3) is 0 Å². The molecule has 0 unspecified atom stereocenters. The van der Waals surface area contributed by atoms with Crippen molar-refractivity contribution in [3.8, 4) is 0 Å². The topological polar surface area (TPSA) is 17.1 Å². The fourth-order valence-corrected chi connectivity index (χ4v) is 0. The predicted molar refractivity (Wildman–Crippen MR) is 17.9 cm³/mol. The van der Waals surface area contributed by atoms with Gasteiger partial charge in [-0.2, -0.15) is 0 Å². The maximum Gasteiger partial charge on any atom is 0 e. The van der Waals surface area contributed by atoms with Gasteiger partial charge in [0.1, 0.15) is 0 Å². The van der Waals surface area contributed by atoms with Gasteiger partial charge in [-0.25, -0.2) is 0 Å². The van der Waals surface area contributed by atoms with E-state index in [0.29, 0.717) is 22.5 Å². The van der Waals surface area contributed by atoms with Crippen LogP contribution in [0.5, 0.6) is 0 Å². The molecule has 4 heteroatoms. The summed E-state index contributed by atoms with van der Waals surface area (Å²) in [6.45, 7) is 0. The molecule has 0 rings (SSSR count). The van der Waals surface area contributed by atoms with Crippen LogP contribution in [0, 0.1) is 0 Å². The van der Waals surface area contributed by atoms with Crippen LogP contribution in [0.15, 0.2) is 0 Å². The molecule has 7 radical (unpaired) electrons. The second-order valence-corrected chi connectivity index (χ2v) is 0. The van der Waals surface area contributed by atoms with Gasteiger partial charge in [0.15, 0.2) is 0 Å². The summed E-state index contributed by atoms with van der Waals surface area (Å²) in [7, 11) is 0. The predicted octanol–water partition coefficient (Wildman–Crippen LogP) is -1.26. The molecular weight excluding hydrogens is 394 g/mol. The van der Waals surface area contributed by atoms with E-state index >= 15 is 0 Å². The SMILES string of the molecule is [Ba].[O]=[Sn].[Sb]. The molecule has 17 valence electrons. The summed E-state index contributed by atoms with van der Waals surface area (Å²) in [5.41, 5.74) is 0. The van der Waals surface area contributed by atoms with E-state index < -0.39 is 0 Å². The van der Waals surface area contributed by atoms with E-state index in [1.807, 2.05) is 0 Å². The summed E-state index contributed by atoms with van der Waals surface area (Å²) in [4.78, 5) is 0. The molecule has 0 atom stereocenters. The Morgan fingerprint density at radius 3 is 1.25 bits per heavy atom. The van der Waals surface area contributed by atoms with Gasteiger partial charge >= 0.3 is 25.6 Å². The van der Waals surface area contributed by atoms with Crippen LogP contribution >= 0.6 is 0 Å². The van der Waals surface area contributed by atoms with Gasteiger partial charge in [0.2, 0.25) is 0 Å². The number of hydrogen-bond donors (Lipinski definition) is 0. The molecule has 0 saturated carbocycles. The van der Waals surface area contributed by atoms with Crippen LogP contribution in [0.4, 0.5) is 0 Å². The Kier molecular flexibility index (Phi) is 65.7. The van der Waals surface area contributed by atoms with Crippen molar-refractivity contribution in [2.75, 3.05) is 0 Å². The maximum atomic E-state index is 8.34. The summed E-state index contributed by atoms with van der Waals surface area (Å²) >= 11 is 0.300. The molecule has 0 aliphatic rings. The Balaban J connectivity index is -0.00000000500. The maximum absolute atomic E-state index is 8.34. The minimum Gasteiger partial charge on any atom is 0 e. The molecule has 0 N–H and O–H groups in total. The minimum absolute atomic E-state index is 0. The summed E-state index contributed by atoms with van der Waals surface area (Å²) in [6.07, 6.45) is 0. The van der Waals surface area contributed by atoms with Crippen molar-refractivity contribution >= 4 is 95.8 Å². The molecule has 0 amide bonds. The van der Waals surface area contributed by atoms with Gasteiger partial charge in [0.25, 0.3) is 0 Å². The molecule has 1 nitrogen and oxygen atoms in total. The molecule has 0 bridgehead atoms. The van der Waals surface area contributed by atoms with E-state index in [-0.39, 0.29) is 73.3 Å². The molecule has 0 saturated heterocycles. The monoisotopic (exact) mass is 395 g/mol. The van der Waals surface area contributed by atoms with Gasteiger partial charge in [0.05, 0.1) is 0 Å². The molecule has 0 aliphatic carbocycles. The van der Waals surface area contributed by atoms with Crippen LogP contribution in [-0.4, -0.2) is 95.8 Å². The van der Waals surface area contributed by atoms with Crippen molar-refractivity contribution in [1.29, 1.82) is 0 Å². The van der Waals surface area contributed by atoms with Crippen LogP contribution in [0.1, 0.15) is 0 Å². The Labute approximate surface area is 96.3 Å². The first-order valence-electron chi connectivity index (χ1n) is 0.204.